The molecule has 0 amide bonds. The first-order valence-corrected chi connectivity index (χ1v) is 7.23. The molecule has 0 saturated heterocycles. The van der Waals surface area contributed by atoms with Crippen LogP contribution in [0.1, 0.15) is 12.6 Å². The second-order valence-electron chi connectivity index (χ2n) is 4.39. The van der Waals surface area contributed by atoms with Gasteiger partial charge in [-0.1, -0.05) is 6.92 Å². The Labute approximate surface area is 108 Å². The van der Waals surface area contributed by atoms with Crippen molar-refractivity contribution >= 4 is 10.0 Å². The Morgan fingerprint density at radius 1 is 1.56 bits per heavy atom. The molecule has 1 rings (SSSR count). The molecular formula is C11H21N3O3S. The zero-order valence-corrected chi connectivity index (χ0v) is 11.8. The van der Waals surface area contributed by atoms with Crippen molar-refractivity contribution in [2.24, 2.45) is 18.7 Å². The molecule has 1 aromatic heterocycles. The molecule has 0 aliphatic rings. The minimum Gasteiger partial charge on any atom is -0.384 e. The standard InChI is InChI=1S/C11H21N3O3S/c1-9(8-17-3)6-13-18(15,16)11-4-10(5-12)14(2)7-11/h4,7,9,13H,5-6,8,12H2,1-3H3. The van der Waals surface area contributed by atoms with Gasteiger partial charge in [0.1, 0.15) is 0 Å². The molecule has 0 aliphatic heterocycles. The number of methoxy groups -OCH3 is 1. The van der Waals surface area contributed by atoms with Gasteiger partial charge in [0.15, 0.2) is 0 Å². The molecule has 0 radical (unpaired) electrons. The molecule has 6 nitrogen and oxygen atoms in total. The van der Waals surface area contributed by atoms with Gasteiger partial charge in [-0.05, 0) is 12.0 Å². The number of nitrogens with zero attached hydrogens (tertiary/aromatic N) is 1. The van der Waals surface area contributed by atoms with E-state index in [9.17, 15) is 8.42 Å². The Bertz CT molecular complexity index is 482. The largest absolute Gasteiger partial charge is 0.384 e. The van der Waals surface area contributed by atoms with E-state index in [-0.39, 0.29) is 10.8 Å². The van der Waals surface area contributed by atoms with Crippen molar-refractivity contribution in [2.45, 2.75) is 18.4 Å². The Balaban J connectivity index is 2.74. The Morgan fingerprint density at radius 3 is 2.72 bits per heavy atom. The average Bonchev–Trinajstić information content (AvgIpc) is 2.69. The maximum Gasteiger partial charge on any atom is 0.242 e. The summed E-state index contributed by atoms with van der Waals surface area (Å²) in [4.78, 5) is 0.245. The maximum atomic E-state index is 12.0. The number of nitrogens with two attached hydrogens (primary N) is 1. The summed E-state index contributed by atoms with van der Waals surface area (Å²) in [6, 6.07) is 1.59. The summed E-state index contributed by atoms with van der Waals surface area (Å²) in [7, 11) is -0.102. The third-order valence-electron chi connectivity index (χ3n) is 2.68. The smallest absolute Gasteiger partial charge is 0.242 e. The number of aryl methyl sites for hydroxylation is 1. The molecule has 7 heteroatoms. The normalized spacial score (nSPS) is 13.8. The number of hydrogen-bond donors (Lipinski definition) is 2. The topological polar surface area (TPSA) is 86.3 Å². The lowest BCUT2D eigenvalue weighted by Gasteiger charge is -2.11. The Morgan fingerprint density at radius 2 is 2.22 bits per heavy atom. The molecule has 1 unspecified atom stereocenters. The minimum atomic E-state index is -3.47. The molecule has 3 N–H and O–H groups in total. The van der Waals surface area contributed by atoms with Crippen LogP contribution in [0.25, 0.3) is 0 Å². The molecule has 0 saturated carbocycles. The van der Waals surface area contributed by atoms with Crippen LogP contribution in [-0.2, 0) is 28.4 Å². The summed E-state index contributed by atoms with van der Waals surface area (Å²) in [5.41, 5.74) is 6.29. The number of nitrogens with one attached hydrogen (secondary N) is 1. The lowest BCUT2D eigenvalue weighted by atomic mass is 10.2. The minimum absolute atomic E-state index is 0.127. The van der Waals surface area contributed by atoms with Gasteiger partial charge in [-0.2, -0.15) is 0 Å². The van der Waals surface area contributed by atoms with E-state index in [1.165, 1.54) is 0 Å². The number of hydrogen-bond acceptors (Lipinski definition) is 4. The lowest BCUT2D eigenvalue weighted by molar-refractivity contribution is 0.161. The monoisotopic (exact) mass is 275 g/mol. The highest BCUT2D eigenvalue weighted by Gasteiger charge is 2.17. The molecule has 1 heterocycles. The summed E-state index contributed by atoms with van der Waals surface area (Å²) < 4.78 is 33.3. The fraction of sp³-hybridized carbons (Fsp3) is 0.636. The van der Waals surface area contributed by atoms with Gasteiger partial charge in [0.05, 0.1) is 4.90 Å². The molecule has 1 atom stereocenters. The highest BCUT2D eigenvalue weighted by atomic mass is 32.2. The van der Waals surface area contributed by atoms with E-state index < -0.39 is 10.0 Å². The van der Waals surface area contributed by atoms with Crippen LogP contribution >= 0.6 is 0 Å². The first-order valence-electron chi connectivity index (χ1n) is 5.74. The van der Waals surface area contributed by atoms with Crippen molar-refractivity contribution in [3.63, 3.8) is 0 Å². The number of aromatic nitrogens is 1. The SMILES string of the molecule is COCC(C)CNS(=O)(=O)c1cc(CN)n(C)c1. The molecular weight excluding hydrogens is 254 g/mol. The summed E-state index contributed by atoms with van der Waals surface area (Å²) in [6.07, 6.45) is 1.56. The molecule has 0 aliphatic carbocycles. The predicted octanol–water partition coefficient (Wildman–Crippen LogP) is 0.0446. The van der Waals surface area contributed by atoms with Crippen molar-refractivity contribution in [1.82, 2.24) is 9.29 Å². The summed E-state index contributed by atoms with van der Waals surface area (Å²) in [5, 5.41) is 0. The average molecular weight is 275 g/mol. The molecule has 0 fully saturated rings. The Hall–Kier alpha value is -0.890. The van der Waals surface area contributed by atoms with Crippen molar-refractivity contribution < 1.29 is 13.2 Å². The summed E-state index contributed by atoms with van der Waals surface area (Å²) in [6.45, 7) is 3.10. The second kappa shape index (κ2) is 6.33. The zero-order chi connectivity index (χ0) is 13.8. The van der Waals surface area contributed by atoms with Crippen molar-refractivity contribution in [3.05, 3.63) is 18.0 Å². The number of ether oxygens (including phenoxy) is 1. The van der Waals surface area contributed by atoms with E-state index in [0.29, 0.717) is 19.7 Å². The molecule has 104 valence electrons. The van der Waals surface area contributed by atoms with Gasteiger partial charge in [-0.25, -0.2) is 13.1 Å². The van der Waals surface area contributed by atoms with Crippen LogP contribution in [0.5, 0.6) is 0 Å². The third-order valence-corrected chi connectivity index (χ3v) is 4.07. The highest BCUT2D eigenvalue weighted by Crippen LogP contribution is 2.13. The van der Waals surface area contributed by atoms with E-state index in [2.05, 4.69) is 4.72 Å². The van der Waals surface area contributed by atoms with E-state index in [4.69, 9.17) is 10.5 Å². The highest BCUT2D eigenvalue weighted by molar-refractivity contribution is 7.89. The van der Waals surface area contributed by atoms with Gasteiger partial charge < -0.3 is 15.0 Å². The van der Waals surface area contributed by atoms with Gasteiger partial charge in [-0.3, -0.25) is 0 Å². The van der Waals surface area contributed by atoms with Crippen LogP contribution in [-0.4, -0.2) is 33.2 Å². The van der Waals surface area contributed by atoms with Gasteiger partial charge in [0.25, 0.3) is 0 Å². The van der Waals surface area contributed by atoms with Crippen LogP contribution in [0.3, 0.4) is 0 Å². The second-order valence-corrected chi connectivity index (χ2v) is 6.16. The molecule has 1 aromatic rings. The van der Waals surface area contributed by atoms with Crippen LogP contribution in [0.2, 0.25) is 0 Å². The van der Waals surface area contributed by atoms with E-state index in [1.54, 1.807) is 31.0 Å². The summed E-state index contributed by atoms with van der Waals surface area (Å²) >= 11 is 0. The van der Waals surface area contributed by atoms with Crippen LogP contribution < -0.4 is 10.5 Å². The third kappa shape index (κ3) is 3.81. The van der Waals surface area contributed by atoms with Gasteiger partial charge in [0, 0.05) is 45.7 Å². The van der Waals surface area contributed by atoms with Crippen LogP contribution in [0.4, 0.5) is 0 Å². The fourth-order valence-corrected chi connectivity index (χ4v) is 2.86. The van der Waals surface area contributed by atoms with E-state index in [1.807, 2.05) is 6.92 Å². The zero-order valence-electron chi connectivity index (χ0n) is 11.0. The number of rotatable bonds is 7. The van der Waals surface area contributed by atoms with Crippen molar-refractivity contribution in [3.8, 4) is 0 Å². The first kappa shape index (κ1) is 15.2. The molecule has 18 heavy (non-hydrogen) atoms. The predicted molar refractivity (Wildman–Crippen MR) is 69.5 cm³/mol. The quantitative estimate of drug-likeness (QED) is 0.736. The molecule has 0 spiro atoms. The lowest BCUT2D eigenvalue weighted by Crippen LogP contribution is -2.29. The Kier molecular flexibility index (Phi) is 5.33. The van der Waals surface area contributed by atoms with Crippen molar-refractivity contribution in [2.75, 3.05) is 20.3 Å². The fourth-order valence-electron chi connectivity index (χ4n) is 1.61. The van der Waals surface area contributed by atoms with Crippen LogP contribution in [0.15, 0.2) is 17.2 Å². The van der Waals surface area contributed by atoms with Gasteiger partial charge in [-0.15, -0.1) is 0 Å². The first-order chi connectivity index (χ1) is 8.40. The van der Waals surface area contributed by atoms with Gasteiger partial charge >= 0.3 is 0 Å². The van der Waals surface area contributed by atoms with Gasteiger partial charge in [0.2, 0.25) is 10.0 Å². The maximum absolute atomic E-state index is 12.0. The van der Waals surface area contributed by atoms with E-state index in [0.717, 1.165) is 5.69 Å². The van der Waals surface area contributed by atoms with E-state index >= 15 is 0 Å². The molecule has 0 aromatic carbocycles. The van der Waals surface area contributed by atoms with Crippen molar-refractivity contribution in [1.29, 1.82) is 0 Å². The van der Waals surface area contributed by atoms with Crippen LogP contribution in [0, 0.1) is 5.92 Å². The molecule has 0 bridgehead atoms. The summed E-state index contributed by atoms with van der Waals surface area (Å²) in [5.74, 6) is 0.127. The number of sulfonamides is 1.